The van der Waals surface area contributed by atoms with E-state index in [1.165, 1.54) is 22.0 Å². The number of para-hydroxylation sites is 2. The molecule has 0 atom stereocenters. The largest absolute Gasteiger partial charge is 0.361 e. The van der Waals surface area contributed by atoms with Crippen LogP contribution in [0.4, 0.5) is 10.8 Å². The number of nitrogens with one attached hydrogen (secondary N) is 2. The van der Waals surface area contributed by atoms with E-state index < -0.39 is 0 Å². The summed E-state index contributed by atoms with van der Waals surface area (Å²) in [4.78, 5) is 20.1. The van der Waals surface area contributed by atoms with Crippen LogP contribution in [0.2, 0.25) is 0 Å². The standard InChI is InChI=1S/C18H16N4OS2/c23-16-11-20-18(25-16)21-13-6-2-1-5-12(13)9-10-19-17-22-14-7-3-4-8-15(14)24-17/h1-8H,9-11H2,(H,19,22)(H,20,21). The smallest absolute Gasteiger partial charge is 0.218 e. The first-order valence-electron chi connectivity index (χ1n) is 7.97. The third-order valence-electron chi connectivity index (χ3n) is 3.79. The van der Waals surface area contributed by atoms with Crippen molar-refractivity contribution in [1.29, 1.82) is 0 Å². The van der Waals surface area contributed by atoms with Crippen LogP contribution in [-0.4, -0.2) is 28.4 Å². The molecule has 126 valence electrons. The number of carbonyl (C=O) groups is 1. The maximum atomic E-state index is 11.3. The van der Waals surface area contributed by atoms with Gasteiger partial charge in [0.2, 0.25) is 5.12 Å². The van der Waals surface area contributed by atoms with E-state index in [4.69, 9.17) is 0 Å². The zero-order valence-electron chi connectivity index (χ0n) is 13.4. The molecule has 0 radical (unpaired) electrons. The predicted octanol–water partition coefficient (Wildman–Crippen LogP) is 3.99. The minimum Gasteiger partial charge on any atom is -0.361 e. The molecule has 1 aromatic heterocycles. The van der Waals surface area contributed by atoms with Gasteiger partial charge in [0.05, 0.1) is 10.2 Å². The van der Waals surface area contributed by atoms with Crippen molar-refractivity contribution >= 4 is 54.4 Å². The fourth-order valence-corrected chi connectivity index (χ4v) is 4.13. The summed E-state index contributed by atoms with van der Waals surface area (Å²) >= 11 is 2.83. The van der Waals surface area contributed by atoms with E-state index in [1.54, 1.807) is 11.3 Å². The molecular weight excluding hydrogens is 352 g/mol. The van der Waals surface area contributed by atoms with Crippen molar-refractivity contribution in [2.45, 2.75) is 6.42 Å². The van der Waals surface area contributed by atoms with Crippen molar-refractivity contribution in [3.05, 3.63) is 54.1 Å². The number of benzene rings is 2. The average molecular weight is 368 g/mol. The molecular formula is C18H16N4OS2. The normalized spacial score (nSPS) is 13.9. The lowest BCUT2D eigenvalue weighted by molar-refractivity contribution is -0.109. The Bertz CT molecular complexity index is 918. The van der Waals surface area contributed by atoms with Crippen LogP contribution in [0.15, 0.2) is 53.5 Å². The lowest BCUT2D eigenvalue weighted by Crippen LogP contribution is -2.10. The first-order chi connectivity index (χ1) is 12.3. The van der Waals surface area contributed by atoms with Gasteiger partial charge in [-0.1, -0.05) is 41.7 Å². The number of amidine groups is 1. The van der Waals surface area contributed by atoms with Crippen molar-refractivity contribution in [2.75, 3.05) is 23.7 Å². The van der Waals surface area contributed by atoms with Gasteiger partial charge in [-0.2, -0.15) is 0 Å². The summed E-state index contributed by atoms with van der Waals surface area (Å²) in [6.07, 6.45) is 0.852. The lowest BCUT2D eigenvalue weighted by Gasteiger charge is -2.11. The summed E-state index contributed by atoms with van der Waals surface area (Å²) in [5.41, 5.74) is 3.20. The van der Waals surface area contributed by atoms with Crippen molar-refractivity contribution in [1.82, 2.24) is 4.98 Å². The number of anilines is 2. The maximum absolute atomic E-state index is 11.3. The Morgan fingerprint density at radius 2 is 1.92 bits per heavy atom. The molecule has 0 amide bonds. The molecule has 5 nitrogen and oxygen atoms in total. The molecule has 2 heterocycles. The number of rotatable bonds is 5. The second kappa shape index (κ2) is 7.25. The van der Waals surface area contributed by atoms with Gasteiger partial charge < -0.3 is 10.6 Å². The van der Waals surface area contributed by atoms with E-state index >= 15 is 0 Å². The molecule has 7 heteroatoms. The maximum Gasteiger partial charge on any atom is 0.218 e. The molecule has 1 aliphatic rings. The van der Waals surface area contributed by atoms with Crippen molar-refractivity contribution in [3.8, 4) is 0 Å². The quantitative estimate of drug-likeness (QED) is 0.713. The van der Waals surface area contributed by atoms with Gasteiger partial charge in [-0.25, -0.2) is 4.98 Å². The van der Waals surface area contributed by atoms with E-state index in [1.807, 2.05) is 36.4 Å². The first kappa shape index (κ1) is 16.1. The number of aromatic nitrogens is 1. The van der Waals surface area contributed by atoms with Crippen LogP contribution in [0.1, 0.15) is 5.56 Å². The van der Waals surface area contributed by atoms with E-state index in [2.05, 4.69) is 32.7 Å². The third kappa shape index (κ3) is 3.83. The van der Waals surface area contributed by atoms with Crippen molar-refractivity contribution < 1.29 is 4.79 Å². The zero-order chi connectivity index (χ0) is 17.1. The predicted molar refractivity (Wildman–Crippen MR) is 107 cm³/mol. The molecule has 0 saturated heterocycles. The fourth-order valence-electron chi connectivity index (χ4n) is 2.60. The first-order valence-corrected chi connectivity index (χ1v) is 9.61. The van der Waals surface area contributed by atoms with Gasteiger partial charge in [0, 0.05) is 12.2 Å². The Hall–Kier alpha value is -2.38. The summed E-state index contributed by atoms with van der Waals surface area (Å²) in [6.45, 7) is 1.05. The van der Waals surface area contributed by atoms with Crippen LogP contribution < -0.4 is 10.6 Å². The average Bonchev–Trinajstić information content (AvgIpc) is 3.22. The Labute approximate surface area is 153 Å². The molecule has 0 bridgehead atoms. The van der Waals surface area contributed by atoms with Gasteiger partial charge in [-0.05, 0) is 41.9 Å². The Kier molecular flexibility index (Phi) is 4.67. The number of thiazole rings is 1. The minimum absolute atomic E-state index is 0.0810. The molecule has 3 aromatic rings. The number of thioether (sulfide) groups is 1. The molecule has 0 saturated carbocycles. The Morgan fingerprint density at radius 1 is 1.08 bits per heavy atom. The van der Waals surface area contributed by atoms with E-state index in [9.17, 15) is 4.79 Å². The number of carbonyl (C=O) groups excluding carboxylic acids is 1. The van der Waals surface area contributed by atoms with Gasteiger partial charge in [0.15, 0.2) is 10.3 Å². The van der Waals surface area contributed by atoms with Crippen LogP contribution in [-0.2, 0) is 11.2 Å². The van der Waals surface area contributed by atoms with Gasteiger partial charge in [0.25, 0.3) is 0 Å². The van der Waals surface area contributed by atoms with Gasteiger partial charge in [-0.3, -0.25) is 9.79 Å². The summed E-state index contributed by atoms with van der Waals surface area (Å²) in [5.74, 6) is 0. The van der Waals surface area contributed by atoms with Crippen molar-refractivity contribution in [3.63, 3.8) is 0 Å². The lowest BCUT2D eigenvalue weighted by atomic mass is 10.1. The number of fused-ring (bicyclic) bond motifs is 1. The molecule has 4 rings (SSSR count). The van der Waals surface area contributed by atoms with E-state index in [0.29, 0.717) is 5.17 Å². The highest BCUT2D eigenvalue weighted by Gasteiger charge is 2.16. The highest BCUT2D eigenvalue weighted by Crippen LogP contribution is 2.26. The van der Waals surface area contributed by atoms with Gasteiger partial charge in [-0.15, -0.1) is 0 Å². The van der Waals surface area contributed by atoms with E-state index in [-0.39, 0.29) is 11.7 Å². The molecule has 0 unspecified atom stereocenters. The highest BCUT2D eigenvalue weighted by molar-refractivity contribution is 8.27. The molecule has 25 heavy (non-hydrogen) atoms. The topological polar surface area (TPSA) is 66.4 Å². The summed E-state index contributed by atoms with van der Waals surface area (Å²) in [6, 6.07) is 16.2. The third-order valence-corrected chi connectivity index (χ3v) is 5.56. The summed E-state index contributed by atoms with van der Waals surface area (Å²) in [7, 11) is 0. The van der Waals surface area contributed by atoms with Crippen LogP contribution in [0.25, 0.3) is 10.2 Å². The monoisotopic (exact) mass is 368 g/mol. The summed E-state index contributed by atoms with van der Waals surface area (Å²) in [5, 5.41) is 8.36. The second-order valence-corrected chi connectivity index (χ2v) is 7.62. The Balaban J connectivity index is 1.40. The molecule has 0 fully saturated rings. The minimum atomic E-state index is 0.0810. The Morgan fingerprint density at radius 3 is 2.76 bits per heavy atom. The molecule has 0 spiro atoms. The SMILES string of the molecule is O=C1CN=C(Nc2ccccc2CCNc2nc3ccccc3s2)S1. The van der Waals surface area contributed by atoms with Gasteiger partial charge in [0.1, 0.15) is 6.54 Å². The second-order valence-electron chi connectivity index (χ2n) is 5.54. The van der Waals surface area contributed by atoms with Crippen LogP contribution in [0.3, 0.4) is 0 Å². The van der Waals surface area contributed by atoms with Crippen LogP contribution in [0, 0.1) is 0 Å². The molecule has 2 N–H and O–H groups in total. The zero-order valence-corrected chi connectivity index (χ0v) is 15.0. The number of aliphatic imine (C=N–C) groups is 1. The fraction of sp³-hybridized carbons (Fsp3) is 0.167. The molecule has 1 aliphatic heterocycles. The number of hydrogen-bond donors (Lipinski definition) is 2. The molecule has 2 aromatic carbocycles. The van der Waals surface area contributed by atoms with E-state index in [0.717, 1.165) is 29.3 Å². The van der Waals surface area contributed by atoms with Gasteiger partial charge >= 0.3 is 0 Å². The van der Waals surface area contributed by atoms with Crippen LogP contribution in [0.5, 0.6) is 0 Å². The highest BCUT2D eigenvalue weighted by atomic mass is 32.2. The number of hydrogen-bond acceptors (Lipinski definition) is 7. The van der Waals surface area contributed by atoms with Crippen LogP contribution >= 0.6 is 23.1 Å². The van der Waals surface area contributed by atoms with Crippen molar-refractivity contribution in [2.24, 2.45) is 4.99 Å². The summed E-state index contributed by atoms with van der Waals surface area (Å²) < 4.78 is 1.19. The molecule has 0 aliphatic carbocycles. The number of nitrogens with zero attached hydrogens (tertiary/aromatic N) is 2.